The van der Waals surface area contributed by atoms with Gasteiger partial charge in [-0.05, 0) is 36.8 Å². The molecule has 1 aromatic heterocycles. The second-order valence-electron chi connectivity index (χ2n) is 6.90. The molecule has 0 saturated heterocycles. The third-order valence-corrected chi connectivity index (χ3v) is 6.08. The summed E-state index contributed by atoms with van der Waals surface area (Å²) in [6.45, 7) is 4.36. The van der Waals surface area contributed by atoms with Crippen molar-refractivity contribution in [2.75, 3.05) is 5.75 Å². The molecule has 2 aromatic rings. The Morgan fingerprint density at radius 2 is 1.88 bits per heavy atom. The minimum atomic E-state index is 0.121. The maximum absolute atomic E-state index is 12.3. The molecule has 1 aliphatic carbocycles. The van der Waals surface area contributed by atoms with Gasteiger partial charge in [-0.2, -0.15) is 0 Å². The Morgan fingerprint density at radius 3 is 2.54 bits per heavy atom. The Hall–Kier alpha value is -1.75. The molecule has 5 heteroatoms. The fourth-order valence-corrected chi connectivity index (χ4v) is 4.51. The van der Waals surface area contributed by atoms with Crippen molar-refractivity contribution in [3.63, 3.8) is 0 Å². The summed E-state index contributed by atoms with van der Waals surface area (Å²) in [4.78, 5) is 16.8. The van der Waals surface area contributed by atoms with Crippen molar-refractivity contribution >= 4 is 17.7 Å². The van der Waals surface area contributed by atoms with Gasteiger partial charge in [0.05, 0.1) is 11.4 Å². The predicted molar refractivity (Wildman–Crippen MR) is 108 cm³/mol. The molecule has 0 spiro atoms. The predicted octanol–water partition coefficient (Wildman–Crippen LogP) is 4.54. The first kappa shape index (κ1) is 19.0. The molecule has 1 aliphatic rings. The van der Waals surface area contributed by atoms with Crippen LogP contribution in [0.15, 0.2) is 35.7 Å². The Morgan fingerprint density at radius 1 is 1.19 bits per heavy atom. The summed E-state index contributed by atoms with van der Waals surface area (Å²) in [6.07, 6.45) is 11.8. The molecule has 0 atom stereocenters. The number of carbonyl (C=O) groups is 1. The SMILES string of the molecule is CCc1cccc(CC)c1-n1ccnc1SCC(=O)NC1CCCCC1. The maximum atomic E-state index is 12.3. The van der Waals surface area contributed by atoms with Gasteiger partial charge in [0.15, 0.2) is 5.16 Å². The lowest BCUT2D eigenvalue weighted by Crippen LogP contribution is -2.37. The Labute approximate surface area is 160 Å². The van der Waals surface area contributed by atoms with Crippen molar-refractivity contribution in [3.8, 4) is 5.69 Å². The van der Waals surface area contributed by atoms with E-state index in [0.717, 1.165) is 30.8 Å². The summed E-state index contributed by atoms with van der Waals surface area (Å²) in [7, 11) is 0. The number of thioether (sulfide) groups is 1. The number of imidazole rings is 1. The maximum Gasteiger partial charge on any atom is 0.230 e. The van der Waals surface area contributed by atoms with Crippen LogP contribution in [-0.4, -0.2) is 27.3 Å². The molecule has 1 saturated carbocycles. The molecule has 1 heterocycles. The average molecular weight is 372 g/mol. The molecule has 1 amide bonds. The topological polar surface area (TPSA) is 46.9 Å². The number of nitrogens with one attached hydrogen (secondary N) is 1. The number of carbonyl (C=O) groups excluding carboxylic acids is 1. The molecular formula is C21H29N3OS. The number of amides is 1. The van der Waals surface area contributed by atoms with E-state index in [2.05, 4.69) is 46.9 Å². The first-order valence-corrected chi connectivity index (χ1v) is 10.8. The van der Waals surface area contributed by atoms with Gasteiger partial charge in [0.1, 0.15) is 0 Å². The molecule has 1 fully saturated rings. The second-order valence-corrected chi connectivity index (χ2v) is 7.85. The normalized spacial score (nSPS) is 15.2. The van der Waals surface area contributed by atoms with Crippen LogP contribution in [0, 0.1) is 0 Å². The summed E-state index contributed by atoms with van der Waals surface area (Å²) in [6, 6.07) is 6.85. The van der Waals surface area contributed by atoms with E-state index >= 15 is 0 Å². The van der Waals surface area contributed by atoms with E-state index in [-0.39, 0.29) is 5.91 Å². The number of benzene rings is 1. The summed E-state index contributed by atoms with van der Waals surface area (Å²) in [5.41, 5.74) is 3.86. The molecular weight excluding hydrogens is 342 g/mol. The molecule has 26 heavy (non-hydrogen) atoms. The van der Waals surface area contributed by atoms with Gasteiger partial charge < -0.3 is 5.32 Å². The third kappa shape index (κ3) is 4.50. The quantitative estimate of drug-likeness (QED) is 0.727. The van der Waals surface area contributed by atoms with Crippen molar-refractivity contribution < 1.29 is 4.79 Å². The smallest absolute Gasteiger partial charge is 0.230 e. The fourth-order valence-electron chi connectivity index (χ4n) is 3.74. The highest BCUT2D eigenvalue weighted by Gasteiger charge is 2.17. The number of rotatable bonds is 7. The van der Waals surface area contributed by atoms with Crippen molar-refractivity contribution in [1.82, 2.24) is 14.9 Å². The average Bonchev–Trinajstić information content (AvgIpc) is 3.14. The minimum absolute atomic E-state index is 0.121. The Kier molecular flexibility index (Phi) is 6.78. The van der Waals surface area contributed by atoms with Crippen LogP contribution in [0.25, 0.3) is 5.69 Å². The van der Waals surface area contributed by atoms with E-state index in [1.54, 1.807) is 0 Å². The second kappa shape index (κ2) is 9.26. The van der Waals surface area contributed by atoms with Crippen LogP contribution in [0.4, 0.5) is 0 Å². The van der Waals surface area contributed by atoms with E-state index < -0.39 is 0 Å². The molecule has 1 aromatic carbocycles. The van der Waals surface area contributed by atoms with Crippen LogP contribution < -0.4 is 5.32 Å². The van der Waals surface area contributed by atoms with Gasteiger partial charge >= 0.3 is 0 Å². The number of hydrogen-bond donors (Lipinski definition) is 1. The van der Waals surface area contributed by atoms with Gasteiger partial charge in [0.2, 0.25) is 5.91 Å². The van der Waals surface area contributed by atoms with Crippen molar-refractivity contribution in [3.05, 3.63) is 41.7 Å². The third-order valence-electron chi connectivity index (χ3n) is 5.12. The van der Waals surface area contributed by atoms with E-state index in [1.165, 1.54) is 47.8 Å². The van der Waals surface area contributed by atoms with Crippen LogP contribution in [0.5, 0.6) is 0 Å². The monoisotopic (exact) mass is 371 g/mol. The minimum Gasteiger partial charge on any atom is -0.353 e. The molecule has 0 unspecified atom stereocenters. The standard InChI is InChI=1S/C21H29N3OS/c1-3-16-9-8-10-17(4-2)20(16)24-14-13-22-21(24)26-15-19(25)23-18-11-6-5-7-12-18/h8-10,13-14,18H,3-7,11-12,15H2,1-2H3,(H,23,25). The van der Waals surface area contributed by atoms with Gasteiger partial charge in [-0.25, -0.2) is 4.98 Å². The summed E-state index contributed by atoms with van der Waals surface area (Å²) >= 11 is 1.52. The largest absolute Gasteiger partial charge is 0.353 e. The zero-order valence-corrected chi connectivity index (χ0v) is 16.6. The highest BCUT2D eigenvalue weighted by atomic mass is 32.2. The number of para-hydroxylation sites is 1. The first-order chi connectivity index (χ1) is 12.7. The Bertz CT molecular complexity index is 712. The summed E-state index contributed by atoms with van der Waals surface area (Å²) < 4.78 is 2.15. The molecule has 1 N–H and O–H groups in total. The fraction of sp³-hybridized carbons (Fsp3) is 0.524. The zero-order chi connectivity index (χ0) is 18.4. The van der Waals surface area contributed by atoms with Crippen molar-refractivity contribution in [2.45, 2.75) is 70.0 Å². The van der Waals surface area contributed by atoms with Crippen LogP contribution in [-0.2, 0) is 17.6 Å². The lowest BCUT2D eigenvalue weighted by molar-refractivity contribution is -0.119. The van der Waals surface area contributed by atoms with E-state index in [4.69, 9.17) is 0 Å². The van der Waals surface area contributed by atoms with Crippen molar-refractivity contribution in [1.29, 1.82) is 0 Å². The van der Waals surface area contributed by atoms with Crippen LogP contribution in [0.1, 0.15) is 57.1 Å². The number of aryl methyl sites for hydroxylation is 2. The number of nitrogens with zero attached hydrogens (tertiary/aromatic N) is 2. The zero-order valence-electron chi connectivity index (χ0n) is 15.8. The van der Waals surface area contributed by atoms with E-state index in [1.807, 2.05) is 12.4 Å². The lowest BCUT2D eigenvalue weighted by Gasteiger charge is -2.22. The van der Waals surface area contributed by atoms with Gasteiger partial charge in [0.25, 0.3) is 0 Å². The van der Waals surface area contributed by atoms with Crippen LogP contribution >= 0.6 is 11.8 Å². The molecule has 0 radical (unpaired) electrons. The highest BCUT2D eigenvalue weighted by Crippen LogP contribution is 2.27. The molecule has 4 nitrogen and oxygen atoms in total. The first-order valence-electron chi connectivity index (χ1n) is 9.79. The van der Waals surface area contributed by atoms with E-state index in [0.29, 0.717) is 11.8 Å². The highest BCUT2D eigenvalue weighted by molar-refractivity contribution is 7.99. The summed E-state index contributed by atoms with van der Waals surface area (Å²) in [5.74, 6) is 0.541. The molecule has 0 aliphatic heterocycles. The van der Waals surface area contributed by atoms with Gasteiger partial charge in [-0.3, -0.25) is 9.36 Å². The molecule has 140 valence electrons. The van der Waals surface area contributed by atoms with Crippen molar-refractivity contribution in [2.24, 2.45) is 0 Å². The number of aromatic nitrogens is 2. The molecule has 0 bridgehead atoms. The Balaban J connectivity index is 1.70. The number of hydrogen-bond acceptors (Lipinski definition) is 3. The van der Waals surface area contributed by atoms with Crippen LogP contribution in [0.2, 0.25) is 0 Å². The van der Waals surface area contributed by atoms with Gasteiger partial charge in [0, 0.05) is 18.4 Å². The van der Waals surface area contributed by atoms with Gasteiger partial charge in [-0.15, -0.1) is 0 Å². The van der Waals surface area contributed by atoms with Crippen LogP contribution in [0.3, 0.4) is 0 Å². The lowest BCUT2D eigenvalue weighted by atomic mass is 9.95. The van der Waals surface area contributed by atoms with Gasteiger partial charge in [-0.1, -0.05) is 63.1 Å². The van der Waals surface area contributed by atoms with E-state index in [9.17, 15) is 4.79 Å². The molecule has 3 rings (SSSR count). The summed E-state index contributed by atoms with van der Waals surface area (Å²) in [5, 5.41) is 4.08.